The summed E-state index contributed by atoms with van der Waals surface area (Å²) in [6.07, 6.45) is 3.81. The van der Waals surface area contributed by atoms with Crippen LogP contribution in [0.25, 0.3) is 0 Å². The lowest BCUT2D eigenvalue weighted by molar-refractivity contribution is 0.0958. The Balaban J connectivity index is 3.15. The molecule has 0 spiro atoms. The Hall–Kier alpha value is -1.28. The SMILES string of the molecule is CCCCNc1sc(C(=O)NCCC)c(N)c1S(C)(=O)=O. The van der Waals surface area contributed by atoms with Crippen LogP contribution in [0, 0.1) is 0 Å². The van der Waals surface area contributed by atoms with Gasteiger partial charge in [-0.3, -0.25) is 4.79 Å². The summed E-state index contributed by atoms with van der Waals surface area (Å²) in [5.41, 5.74) is 5.93. The number of nitrogens with two attached hydrogens (primary N) is 1. The third-order valence-corrected chi connectivity index (χ3v) is 5.28. The lowest BCUT2D eigenvalue weighted by Crippen LogP contribution is -2.24. The van der Waals surface area contributed by atoms with Crippen LogP contribution in [-0.2, 0) is 9.84 Å². The summed E-state index contributed by atoms with van der Waals surface area (Å²) in [4.78, 5) is 12.3. The Morgan fingerprint density at radius 3 is 2.43 bits per heavy atom. The van der Waals surface area contributed by atoms with E-state index in [2.05, 4.69) is 10.6 Å². The van der Waals surface area contributed by atoms with Crippen LogP contribution in [0.4, 0.5) is 10.7 Å². The Morgan fingerprint density at radius 1 is 1.24 bits per heavy atom. The van der Waals surface area contributed by atoms with E-state index in [1.165, 1.54) is 0 Å². The van der Waals surface area contributed by atoms with E-state index in [-0.39, 0.29) is 21.4 Å². The fourth-order valence-corrected chi connectivity index (χ4v) is 4.29. The average Bonchev–Trinajstić information content (AvgIpc) is 2.73. The van der Waals surface area contributed by atoms with Gasteiger partial charge in [-0.1, -0.05) is 20.3 Å². The first-order valence-electron chi connectivity index (χ1n) is 6.97. The van der Waals surface area contributed by atoms with Gasteiger partial charge < -0.3 is 16.4 Å². The number of amides is 1. The minimum Gasteiger partial charge on any atom is -0.396 e. The van der Waals surface area contributed by atoms with Crippen LogP contribution in [0.2, 0.25) is 0 Å². The molecule has 8 heteroatoms. The molecule has 1 aromatic heterocycles. The maximum atomic E-state index is 12.0. The zero-order valence-electron chi connectivity index (χ0n) is 12.7. The molecule has 1 aromatic rings. The molecule has 0 aliphatic carbocycles. The third kappa shape index (κ3) is 4.60. The number of unbranched alkanes of at least 4 members (excludes halogenated alkanes) is 1. The lowest BCUT2D eigenvalue weighted by atomic mass is 10.3. The molecule has 0 fully saturated rings. The summed E-state index contributed by atoms with van der Waals surface area (Å²) < 4.78 is 23.8. The van der Waals surface area contributed by atoms with E-state index in [1.54, 1.807) is 0 Å². The Kier molecular flexibility index (Phi) is 6.47. The zero-order valence-corrected chi connectivity index (χ0v) is 14.3. The second-order valence-corrected chi connectivity index (χ2v) is 7.78. The van der Waals surface area contributed by atoms with Crippen LogP contribution in [0.15, 0.2) is 4.90 Å². The molecule has 0 unspecified atom stereocenters. The van der Waals surface area contributed by atoms with E-state index in [0.29, 0.717) is 18.1 Å². The number of rotatable bonds is 8. The van der Waals surface area contributed by atoms with E-state index in [1.807, 2.05) is 13.8 Å². The van der Waals surface area contributed by atoms with Crippen molar-refractivity contribution in [2.75, 3.05) is 30.4 Å². The Bertz CT molecular complexity index is 594. The van der Waals surface area contributed by atoms with Gasteiger partial charge in [0, 0.05) is 19.3 Å². The average molecular weight is 333 g/mol. The molecular formula is C13H23N3O3S2. The fourth-order valence-electron chi connectivity index (χ4n) is 1.78. The molecule has 0 radical (unpaired) electrons. The van der Waals surface area contributed by atoms with Gasteiger partial charge in [0.1, 0.15) is 14.8 Å². The van der Waals surface area contributed by atoms with Crippen molar-refractivity contribution in [2.24, 2.45) is 0 Å². The number of sulfone groups is 1. The summed E-state index contributed by atoms with van der Waals surface area (Å²) in [6, 6.07) is 0. The first kappa shape index (κ1) is 17.8. The minimum absolute atomic E-state index is 0.0326. The van der Waals surface area contributed by atoms with Crippen molar-refractivity contribution in [3.63, 3.8) is 0 Å². The molecular weight excluding hydrogens is 310 g/mol. The maximum Gasteiger partial charge on any atom is 0.263 e. The van der Waals surface area contributed by atoms with E-state index >= 15 is 0 Å². The van der Waals surface area contributed by atoms with Crippen LogP contribution in [-0.4, -0.2) is 33.7 Å². The molecule has 0 aliphatic heterocycles. The predicted octanol–water partition coefficient (Wildman–Crippen LogP) is 2.09. The van der Waals surface area contributed by atoms with Gasteiger partial charge >= 0.3 is 0 Å². The monoisotopic (exact) mass is 333 g/mol. The van der Waals surface area contributed by atoms with Crippen molar-refractivity contribution in [1.29, 1.82) is 0 Å². The predicted molar refractivity (Wildman–Crippen MR) is 87.9 cm³/mol. The second-order valence-electron chi connectivity index (χ2n) is 4.81. The number of carbonyl (C=O) groups excluding carboxylic acids is 1. The second kappa shape index (κ2) is 7.65. The van der Waals surface area contributed by atoms with Crippen molar-refractivity contribution in [1.82, 2.24) is 5.32 Å². The summed E-state index contributed by atoms with van der Waals surface area (Å²) in [5, 5.41) is 6.24. The number of nitrogen functional groups attached to an aromatic ring is 1. The van der Waals surface area contributed by atoms with Crippen LogP contribution >= 0.6 is 11.3 Å². The first-order valence-corrected chi connectivity index (χ1v) is 9.68. The van der Waals surface area contributed by atoms with Crippen molar-refractivity contribution >= 4 is 37.8 Å². The minimum atomic E-state index is -3.49. The number of hydrogen-bond acceptors (Lipinski definition) is 6. The van der Waals surface area contributed by atoms with E-state index in [4.69, 9.17) is 5.73 Å². The normalized spacial score (nSPS) is 11.4. The Labute approximate surface area is 130 Å². The molecule has 0 aromatic carbocycles. The number of thiophene rings is 1. The van der Waals surface area contributed by atoms with Crippen molar-refractivity contribution in [3.8, 4) is 0 Å². The van der Waals surface area contributed by atoms with Crippen molar-refractivity contribution in [3.05, 3.63) is 4.88 Å². The molecule has 0 bridgehead atoms. The van der Waals surface area contributed by atoms with E-state index in [0.717, 1.165) is 36.9 Å². The third-order valence-electron chi connectivity index (χ3n) is 2.83. The van der Waals surface area contributed by atoms with Crippen molar-refractivity contribution in [2.45, 2.75) is 38.0 Å². The summed E-state index contributed by atoms with van der Waals surface area (Å²) in [7, 11) is -3.49. The molecule has 0 atom stereocenters. The number of hydrogen-bond donors (Lipinski definition) is 3. The van der Waals surface area contributed by atoms with Gasteiger partial charge in [-0.05, 0) is 12.8 Å². The largest absolute Gasteiger partial charge is 0.396 e. The fraction of sp³-hybridized carbons (Fsp3) is 0.615. The first-order chi connectivity index (χ1) is 9.82. The van der Waals surface area contributed by atoms with Crippen LogP contribution in [0.3, 0.4) is 0 Å². The maximum absolute atomic E-state index is 12.0. The highest BCUT2D eigenvalue weighted by molar-refractivity contribution is 7.91. The summed E-state index contributed by atoms with van der Waals surface area (Å²) >= 11 is 1.09. The number of nitrogens with one attached hydrogen (secondary N) is 2. The van der Waals surface area contributed by atoms with Gasteiger partial charge in [0.15, 0.2) is 9.84 Å². The van der Waals surface area contributed by atoms with Gasteiger partial charge in [0.2, 0.25) is 0 Å². The molecule has 120 valence electrons. The zero-order chi connectivity index (χ0) is 16.0. The van der Waals surface area contributed by atoms with Crippen LogP contribution in [0.1, 0.15) is 42.8 Å². The van der Waals surface area contributed by atoms with Gasteiger partial charge in [0.05, 0.1) is 5.69 Å². The van der Waals surface area contributed by atoms with Crippen LogP contribution < -0.4 is 16.4 Å². The Morgan fingerprint density at radius 2 is 1.90 bits per heavy atom. The van der Waals surface area contributed by atoms with Crippen molar-refractivity contribution < 1.29 is 13.2 Å². The van der Waals surface area contributed by atoms with Crippen LogP contribution in [0.5, 0.6) is 0 Å². The van der Waals surface area contributed by atoms with E-state index in [9.17, 15) is 13.2 Å². The highest BCUT2D eigenvalue weighted by atomic mass is 32.2. The number of anilines is 2. The molecule has 4 N–H and O–H groups in total. The molecule has 6 nitrogen and oxygen atoms in total. The molecule has 0 aliphatic rings. The smallest absolute Gasteiger partial charge is 0.263 e. The van der Waals surface area contributed by atoms with Gasteiger partial charge in [-0.2, -0.15) is 0 Å². The molecule has 1 rings (SSSR count). The van der Waals surface area contributed by atoms with Gasteiger partial charge in [0.25, 0.3) is 5.91 Å². The van der Waals surface area contributed by atoms with Gasteiger partial charge in [-0.15, -0.1) is 11.3 Å². The standard InChI is InChI=1S/C13H23N3O3S2/c1-4-6-8-16-13-11(21(3,18)19)9(14)10(20-13)12(17)15-7-5-2/h16H,4-8,14H2,1-3H3,(H,15,17). The highest BCUT2D eigenvalue weighted by Crippen LogP contribution is 2.39. The molecule has 21 heavy (non-hydrogen) atoms. The van der Waals surface area contributed by atoms with Gasteiger partial charge in [-0.25, -0.2) is 8.42 Å². The highest BCUT2D eigenvalue weighted by Gasteiger charge is 2.26. The van der Waals surface area contributed by atoms with E-state index < -0.39 is 9.84 Å². The summed E-state index contributed by atoms with van der Waals surface area (Å²) in [5.74, 6) is -0.326. The molecule has 1 amide bonds. The lowest BCUT2D eigenvalue weighted by Gasteiger charge is -2.05. The number of carbonyl (C=O) groups is 1. The quantitative estimate of drug-likeness (QED) is 0.632. The molecule has 0 saturated heterocycles. The molecule has 1 heterocycles. The molecule has 0 saturated carbocycles. The summed E-state index contributed by atoms with van der Waals surface area (Å²) in [6.45, 7) is 5.17. The topological polar surface area (TPSA) is 101 Å².